The first kappa shape index (κ1) is 24.0. The highest BCUT2D eigenvalue weighted by Crippen LogP contribution is 2.12. The average molecular weight is 454 g/mol. The Hall–Kier alpha value is -3.62. The molecule has 1 saturated heterocycles. The molecule has 176 valence electrons. The van der Waals surface area contributed by atoms with Crippen LogP contribution in [0.4, 0.5) is 4.79 Å². The highest BCUT2D eigenvalue weighted by Gasteiger charge is 2.24. The van der Waals surface area contributed by atoms with Crippen molar-refractivity contribution in [1.82, 2.24) is 25.3 Å². The molecule has 0 spiro atoms. The summed E-state index contributed by atoms with van der Waals surface area (Å²) < 4.78 is 6.75. The lowest BCUT2D eigenvalue weighted by molar-refractivity contribution is -0.122. The van der Waals surface area contributed by atoms with Crippen LogP contribution in [0.5, 0.6) is 0 Å². The first-order valence-electron chi connectivity index (χ1n) is 11.3. The Balaban J connectivity index is 1.29. The van der Waals surface area contributed by atoms with E-state index in [-0.39, 0.29) is 23.9 Å². The van der Waals surface area contributed by atoms with Gasteiger partial charge in [0.1, 0.15) is 0 Å². The molecular weight excluding hydrogens is 422 g/mol. The second-order valence-corrected chi connectivity index (χ2v) is 7.81. The van der Waals surface area contributed by atoms with Crippen LogP contribution < -0.4 is 10.6 Å². The van der Waals surface area contributed by atoms with E-state index in [1.165, 1.54) is 6.08 Å². The highest BCUT2D eigenvalue weighted by atomic mass is 16.6. The predicted molar refractivity (Wildman–Crippen MR) is 125 cm³/mol. The Morgan fingerprint density at radius 2 is 1.94 bits per heavy atom. The molecule has 1 aromatic carbocycles. The van der Waals surface area contributed by atoms with Crippen LogP contribution in [0, 0.1) is 0 Å². The van der Waals surface area contributed by atoms with Crippen molar-refractivity contribution in [2.45, 2.75) is 38.6 Å². The van der Waals surface area contributed by atoms with Gasteiger partial charge in [-0.25, -0.2) is 9.48 Å². The molecule has 2 aromatic rings. The molecule has 33 heavy (non-hydrogen) atoms. The number of nitrogens with zero attached hydrogens (tertiary/aromatic N) is 3. The summed E-state index contributed by atoms with van der Waals surface area (Å²) in [6.07, 6.45) is 8.74. The number of amides is 3. The molecule has 2 N–H and O–H groups in total. The third-order valence-electron chi connectivity index (χ3n) is 5.32. The van der Waals surface area contributed by atoms with Crippen LogP contribution >= 0.6 is 0 Å². The molecule has 2 heterocycles. The average Bonchev–Trinajstić information content (AvgIpc) is 3.31. The van der Waals surface area contributed by atoms with Gasteiger partial charge >= 0.3 is 6.09 Å². The first-order chi connectivity index (χ1) is 16.0. The second kappa shape index (κ2) is 12.4. The minimum atomic E-state index is -0.294. The lowest BCUT2D eigenvalue weighted by Gasteiger charge is -2.31. The maximum Gasteiger partial charge on any atom is 0.409 e. The number of carbonyl (C=O) groups excluding carboxylic acids is 3. The fourth-order valence-electron chi connectivity index (χ4n) is 3.56. The first-order valence-corrected chi connectivity index (χ1v) is 11.3. The Morgan fingerprint density at radius 3 is 2.67 bits per heavy atom. The van der Waals surface area contributed by atoms with E-state index >= 15 is 0 Å². The molecule has 1 aromatic heterocycles. The number of aromatic nitrogens is 2. The molecule has 1 fully saturated rings. The molecule has 0 atom stereocenters. The quantitative estimate of drug-likeness (QED) is 0.448. The van der Waals surface area contributed by atoms with E-state index in [9.17, 15) is 14.4 Å². The number of carbonyl (C=O) groups is 3. The maximum atomic E-state index is 12.2. The van der Waals surface area contributed by atoms with Crippen LogP contribution in [0.1, 0.15) is 38.2 Å². The van der Waals surface area contributed by atoms with Crippen LogP contribution in [0.3, 0.4) is 0 Å². The summed E-state index contributed by atoms with van der Waals surface area (Å²) in [5.41, 5.74) is 1.77. The van der Waals surface area contributed by atoms with Gasteiger partial charge in [-0.2, -0.15) is 5.10 Å². The maximum absolute atomic E-state index is 12.2. The van der Waals surface area contributed by atoms with Gasteiger partial charge in [0.2, 0.25) is 11.8 Å². The fraction of sp³-hybridized carbons (Fsp3) is 0.417. The monoisotopic (exact) mass is 453 g/mol. The Kier molecular flexibility index (Phi) is 9.05. The van der Waals surface area contributed by atoms with Crippen molar-refractivity contribution in [2.24, 2.45) is 0 Å². The third kappa shape index (κ3) is 7.78. The zero-order valence-electron chi connectivity index (χ0n) is 18.9. The zero-order chi connectivity index (χ0) is 23.5. The van der Waals surface area contributed by atoms with Crippen molar-refractivity contribution >= 4 is 24.0 Å². The number of hydrogen-bond donors (Lipinski definition) is 2. The van der Waals surface area contributed by atoms with Gasteiger partial charge in [-0.3, -0.25) is 9.59 Å². The molecule has 9 heteroatoms. The third-order valence-corrected chi connectivity index (χ3v) is 5.32. The highest BCUT2D eigenvalue weighted by molar-refractivity contribution is 5.91. The summed E-state index contributed by atoms with van der Waals surface area (Å²) >= 11 is 0. The number of piperidine rings is 1. The van der Waals surface area contributed by atoms with Crippen LogP contribution in [-0.4, -0.2) is 64.9 Å². The zero-order valence-corrected chi connectivity index (χ0v) is 18.9. The summed E-state index contributed by atoms with van der Waals surface area (Å²) in [5.74, 6) is -0.253. The largest absolute Gasteiger partial charge is 0.450 e. The molecular formula is C24H31N5O4. The van der Waals surface area contributed by atoms with Gasteiger partial charge < -0.3 is 20.3 Å². The lowest BCUT2D eigenvalue weighted by Crippen LogP contribution is -2.46. The van der Waals surface area contributed by atoms with E-state index < -0.39 is 0 Å². The van der Waals surface area contributed by atoms with E-state index in [0.29, 0.717) is 51.9 Å². The Labute approximate surface area is 193 Å². The fourth-order valence-corrected chi connectivity index (χ4v) is 3.56. The topological polar surface area (TPSA) is 106 Å². The molecule has 0 unspecified atom stereocenters. The predicted octanol–water partition coefficient (Wildman–Crippen LogP) is 2.52. The van der Waals surface area contributed by atoms with Gasteiger partial charge in [0, 0.05) is 49.9 Å². The van der Waals surface area contributed by atoms with Gasteiger partial charge in [0.05, 0.1) is 18.5 Å². The minimum Gasteiger partial charge on any atom is -0.450 e. The molecule has 0 aliphatic carbocycles. The number of hydrogen-bond acceptors (Lipinski definition) is 5. The van der Waals surface area contributed by atoms with Gasteiger partial charge in [-0.15, -0.1) is 0 Å². The Bertz CT molecular complexity index is 949. The van der Waals surface area contributed by atoms with Crippen molar-refractivity contribution in [3.63, 3.8) is 0 Å². The molecule has 3 amide bonds. The number of likely N-dealkylation sites (tertiary alicyclic amines) is 1. The van der Waals surface area contributed by atoms with Crippen LogP contribution in [-0.2, 0) is 14.3 Å². The van der Waals surface area contributed by atoms with Crippen LogP contribution in [0.25, 0.3) is 11.8 Å². The van der Waals surface area contributed by atoms with E-state index in [4.69, 9.17) is 4.74 Å². The van der Waals surface area contributed by atoms with Crippen LogP contribution in [0.2, 0.25) is 0 Å². The van der Waals surface area contributed by atoms with E-state index in [1.54, 1.807) is 28.8 Å². The number of benzene rings is 1. The molecule has 0 saturated carbocycles. The summed E-state index contributed by atoms with van der Waals surface area (Å²) in [4.78, 5) is 37.6. The second-order valence-electron chi connectivity index (χ2n) is 7.81. The summed E-state index contributed by atoms with van der Waals surface area (Å²) in [6.45, 7) is 3.72. The molecule has 1 aliphatic rings. The lowest BCUT2D eigenvalue weighted by atomic mass is 10.1. The van der Waals surface area contributed by atoms with Crippen molar-refractivity contribution in [3.05, 3.63) is 54.4 Å². The van der Waals surface area contributed by atoms with Gasteiger partial charge in [-0.05, 0) is 44.4 Å². The van der Waals surface area contributed by atoms with Crippen molar-refractivity contribution in [3.8, 4) is 5.69 Å². The summed E-state index contributed by atoms with van der Waals surface area (Å²) in [7, 11) is 0. The standard InChI is InChI=1S/C24H31N5O4/c1-2-33-24(32)28-15-12-20(13-16-28)27-23(31)9-6-14-25-22(30)11-10-19-17-26-29(18-19)21-7-4-3-5-8-21/h3-5,7-8,10-11,17-18,20H,2,6,9,12-16H2,1H3,(H,25,30)(H,27,31)/b11-10+. The number of rotatable bonds is 9. The summed E-state index contributed by atoms with van der Waals surface area (Å²) in [6, 6.07) is 9.80. The normalized spacial score (nSPS) is 14.3. The smallest absolute Gasteiger partial charge is 0.409 e. The number of nitrogens with one attached hydrogen (secondary N) is 2. The van der Waals surface area contributed by atoms with Crippen molar-refractivity contribution in [2.75, 3.05) is 26.2 Å². The van der Waals surface area contributed by atoms with Gasteiger partial charge in [0.25, 0.3) is 0 Å². The molecule has 0 radical (unpaired) electrons. The van der Waals surface area contributed by atoms with Crippen molar-refractivity contribution < 1.29 is 19.1 Å². The van der Waals surface area contributed by atoms with Crippen LogP contribution in [0.15, 0.2) is 48.8 Å². The molecule has 1 aliphatic heterocycles. The molecule has 0 bridgehead atoms. The number of para-hydroxylation sites is 1. The summed E-state index contributed by atoms with van der Waals surface area (Å²) in [5, 5.41) is 10.1. The SMILES string of the molecule is CCOC(=O)N1CCC(NC(=O)CCCNC(=O)/C=C/c2cnn(-c3ccccc3)c2)CC1. The van der Waals surface area contributed by atoms with Gasteiger partial charge in [0.15, 0.2) is 0 Å². The van der Waals surface area contributed by atoms with Gasteiger partial charge in [-0.1, -0.05) is 18.2 Å². The van der Waals surface area contributed by atoms with E-state index in [2.05, 4.69) is 15.7 Å². The Morgan fingerprint density at radius 1 is 1.18 bits per heavy atom. The van der Waals surface area contributed by atoms with E-state index in [1.807, 2.05) is 36.5 Å². The molecule has 3 rings (SSSR count). The van der Waals surface area contributed by atoms with E-state index in [0.717, 1.165) is 11.3 Å². The molecule has 9 nitrogen and oxygen atoms in total. The van der Waals surface area contributed by atoms with Crippen molar-refractivity contribution in [1.29, 1.82) is 0 Å². The minimum absolute atomic E-state index is 0.0392. The number of ether oxygens (including phenoxy) is 1.